The van der Waals surface area contributed by atoms with Gasteiger partial charge in [0.15, 0.2) is 0 Å². The minimum Gasteiger partial charge on any atom is -0.633 e. The molecule has 3 rings (SSSR count). The molecule has 0 atom stereocenters. The van der Waals surface area contributed by atoms with Crippen molar-refractivity contribution in [3.8, 4) is 11.5 Å². The number of hydrogen-bond acceptors (Lipinski definition) is 8. The van der Waals surface area contributed by atoms with Crippen LogP contribution >= 0.6 is 22.6 Å². The van der Waals surface area contributed by atoms with Crippen molar-refractivity contribution in [1.29, 1.82) is 0 Å². The molecule has 0 spiro atoms. The van der Waals surface area contributed by atoms with E-state index in [1.165, 1.54) is 28.2 Å². The highest BCUT2D eigenvalue weighted by molar-refractivity contribution is 14.1. The molecule has 11 heteroatoms. The summed E-state index contributed by atoms with van der Waals surface area (Å²) in [5.41, 5.74) is 0.287. The number of quaternary nitrogens is 2. The van der Waals surface area contributed by atoms with E-state index < -0.39 is 32.4 Å². The lowest BCUT2D eigenvalue weighted by Crippen LogP contribution is -2.37. The average Bonchev–Trinajstić information content (AvgIpc) is 2.67. The van der Waals surface area contributed by atoms with E-state index in [-0.39, 0.29) is 48.4 Å². The van der Waals surface area contributed by atoms with Crippen molar-refractivity contribution in [2.24, 2.45) is 0 Å². The van der Waals surface area contributed by atoms with Crippen LogP contribution in [0.5, 0.6) is 11.5 Å². The van der Waals surface area contributed by atoms with Gasteiger partial charge in [0.05, 0.1) is 82.3 Å². The zero-order valence-electron chi connectivity index (χ0n) is 18.9. The molecular weight excluding hydrogens is 543 g/mol. The second-order valence-corrected chi connectivity index (χ2v) is 10.2. The molecule has 0 fully saturated rings. The van der Waals surface area contributed by atoms with E-state index in [1.807, 2.05) is 22.6 Å². The highest BCUT2D eigenvalue weighted by Gasteiger charge is 2.38. The standard InChI is InChI=1S/C22H27IN4O6/c1-26(2,32)9-7-24-13-11-12(23)20(25-8-10-27(3,4)33)19-16(13)21(30)17-14(28)5-6-15(29)18(17)22(19)31/h5-6,11,24-25,28-29H,7-10H2,1-4H3. The minimum absolute atomic E-state index is 0.0448. The van der Waals surface area contributed by atoms with Gasteiger partial charge in [-0.15, -0.1) is 0 Å². The number of carbonyl (C=O) groups excluding carboxylic acids is 2. The Labute approximate surface area is 205 Å². The van der Waals surface area contributed by atoms with Crippen LogP contribution in [0.1, 0.15) is 31.8 Å². The Hall–Kier alpha value is -2.45. The van der Waals surface area contributed by atoms with Gasteiger partial charge in [-0.05, 0) is 40.8 Å². The van der Waals surface area contributed by atoms with E-state index in [4.69, 9.17) is 0 Å². The molecule has 0 unspecified atom stereocenters. The fraction of sp³-hybridized carbons (Fsp3) is 0.364. The largest absolute Gasteiger partial charge is 0.633 e. The normalized spacial score (nSPS) is 13.5. The number of halogens is 1. The molecule has 0 saturated carbocycles. The number of fused-ring (bicyclic) bond motifs is 2. The second kappa shape index (κ2) is 9.06. The topological polar surface area (TPSA) is 145 Å². The van der Waals surface area contributed by atoms with Gasteiger partial charge < -0.3 is 40.6 Å². The fourth-order valence-electron chi connectivity index (χ4n) is 3.63. The zero-order valence-corrected chi connectivity index (χ0v) is 21.0. The molecule has 0 amide bonds. The monoisotopic (exact) mass is 570 g/mol. The molecule has 2 aromatic carbocycles. The number of aromatic hydroxyl groups is 2. The number of phenolic OH excluding ortho intramolecular Hbond substituents is 2. The van der Waals surface area contributed by atoms with Gasteiger partial charge in [0, 0.05) is 9.26 Å². The number of likely N-dealkylation sites (N-methyl/N-ethyl adjacent to an activating group) is 2. The van der Waals surface area contributed by atoms with Crippen molar-refractivity contribution in [3.05, 3.63) is 54.4 Å². The van der Waals surface area contributed by atoms with Gasteiger partial charge in [-0.3, -0.25) is 9.59 Å². The van der Waals surface area contributed by atoms with Gasteiger partial charge in [0.2, 0.25) is 11.6 Å². The fourth-order valence-corrected chi connectivity index (χ4v) is 4.40. The minimum atomic E-state index is -0.620. The summed E-state index contributed by atoms with van der Waals surface area (Å²) in [5, 5.41) is 50.7. The summed E-state index contributed by atoms with van der Waals surface area (Å²) < 4.78 is -0.469. The number of rotatable bonds is 8. The molecule has 0 heterocycles. The smallest absolute Gasteiger partial charge is 0.200 e. The third-order valence-corrected chi connectivity index (χ3v) is 6.12. The summed E-state index contributed by atoms with van der Waals surface area (Å²) >= 11 is 2.03. The number of ketones is 2. The van der Waals surface area contributed by atoms with Gasteiger partial charge in [-0.1, -0.05) is 0 Å². The lowest BCUT2D eigenvalue weighted by Gasteiger charge is -2.34. The van der Waals surface area contributed by atoms with Gasteiger partial charge in [-0.2, -0.15) is 0 Å². The molecule has 178 valence electrons. The summed E-state index contributed by atoms with van der Waals surface area (Å²) in [6, 6.07) is 4.00. The molecule has 1 aliphatic rings. The molecule has 0 bridgehead atoms. The van der Waals surface area contributed by atoms with Gasteiger partial charge in [0.25, 0.3) is 0 Å². The Morgan fingerprint density at radius 2 is 1.27 bits per heavy atom. The number of benzene rings is 2. The van der Waals surface area contributed by atoms with Crippen LogP contribution < -0.4 is 10.6 Å². The second-order valence-electron chi connectivity index (χ2n) is 8.99. The molecule has 4 N–H and O–H groups in total. The number of phenols is 2. The van der Waals surface area contributed by atoms with Crippen LogP contribution in [0.2, 0.25) is 0 Å². The first kappa shape index (κ1) is 25.2. The highest BCUT2D eigenvalue weighted by atomic mass is 127. The van der Waals surface area contributed by atoms with Crippen LogP contribution in [0.15, 0.2) is 18.2 Å². The quantitative estimate of drug-likeness (QED) is 0.140. The summed E-state index contributed by atoms with van der Waals surface area (Å²) in [7, 11) is 5.99. The summed E-state index contributed by atoms with van der Waals surface area (Å²) in [5.74, 6) is -2.05. The van der Waals surface area contributed by atoms with Crippen LogP contribution in [0.3, 0.4) is 0 Å². The van der Waals surface area contributed by atoms with Crippen LogP contribution in [0.25, 0.3) is 0 Å². The molecular formula is C22H27IN4O6. The van der Waals surface area contributed by atoms with Crippen molar-refractivity contribution >= 4 is 45.5 Å². The van der Waals surface area contributed by atoms with Crippen molar-refractivity contribution in [2.45, 2.75) is 0 Å². The van der Waals surface area contributed by atoms with E-state index in [0.29, 0.717) is 14.9 Å². The van der Waals surface area contributed by atoms with E-state index in [9.17, 15) is 30.2 Å². The first-order valence-corrected chi connectivity index (χ1v) is 11.4. The Kier molecular flexibility index (Phi) is 6.92. The van der Waals surface area contributed by atoms with E-state index in [1.54, 1.807) is 6.07 Å². The van der Waals surface area contributed by atoms with Crippen LogP contribution in [-0.2, 0) is 0 Å². The molecule has 1 aliphatic carbocycles. The van der Waals surface area contributed by atoms with Crippen LogP contribution in [0.4, 0.5) is 11.4 Å². The Balaban J connectivity index is 2.15. The Bertz CT molecular complexity index is 1120. The number of anilines is 2. The average molecular weight is 570 g/mol. The third-order valence-electron chi connectivity index (χ3n) is 5.27. The molecule has 0 aliphatic heterocycles. The number of nitrogens with one attached hydrogen (secondary N) is 2. The van der Waals surface area contributed by atoms with Crippen molar-refractivity contribution < 1.29 is 29.1 Å². The molecule has 33 heavy (non-hydrogen) atoms. The van der Waals surface area contributed by atoms with Crippen LogP contribution in [-0.4, -0.2) is 85.4 Å². The van der Waals surface area contributed by atoms with Crippen molar-refractivity contribution in [1.82, 2.24) is 0 Å². The summed E-state index contributed by atoms with van der Waals surface area (Å²) in [6.45, 7) is 0.917. The van der Waals surface area contributed by atoms with E-state index in [0.717, 1.165) is 12.1 Å². The number of hydrogen-bond donors (Lipinski definition) is 4. The molecule has 0 radical (unpaired) electrons. The van der Waals surface area contributed by atoms with E-state index in [2.05, 4.69) is 10.6 Å². The first-order chi connectivity index (χ1) is 15.2. The SMILES string of the molecule is C[N+](C)([O-])CCNc1cc(I)c(NCC[N+](C)(C)[O-])c2c1C(=O)c1c(O)ccc(O)c1C2=O. The lowest BCUT2D eigenvalue weighted by molar-refractivity contribution is -0.838. The maximum absolute atomic E-state index is 13.5. The predicted molar refractivity (Wildman–Crippen MR) is 133 cm³/mol. The molecule has 0 saturated heterocycles. The zero-order chi connectivity index (χ0) is 24.7. The van der Waals surface area contributed by atoms with Crippen molar-refractivity contribution in [3.63, 3.8) is 0 Å². The Morgan fingerprint density at radius 3 is 1.76 bits per heavy atom. The molecule has 2 aromatic rings. The predicted octanol–water partition coefficient (Wildman–Crippen LogP) is 2.45. The van der Waals surface area contributed by atoms with E-state index >= 15 is 0 Å². The van der Waals surface area contributed by atoms with Gasteiger partial charge >= 0.3 is 0 Å². The maximum Gasteiger partial charge on any atom is 0.200 e. The number of carbonyl (C=O) groups is 2. The van der Waals surface area contributed by atoms with Crippen LogP contribution in [0, 0.1) is 14.0 Å². The van der Waals surface area contributed by atoms with Gasteiger partial charge in [0.1, 0.15) is 11.5 Å². The lowest BCUT2D eigenvalue weighted by atomic mass is 9.81. The Morgan fingerprint density at radius 1 is 0.818 bits per heavy atom. The van der Waals surface area contributed by atoms with Crippen molar-refractivity contribution in [2.75, 3.05) is 65.0 Å². The molecule has 10 nitrogen and oxygen atoms in total. The first-order valence-electron chi connectivity index (χ1n) is 10.3. The number of nitrogens with zero attached hydrogens (tertiary/aromatic N) is 2. The number of hydroxylamine groups is 6. The van der Waals surface area contributed by atoms with Gasteiger partial charge in [-0.25, -0.2) is 0 Å². The highest BCUT2D eigenvalue weighted by Crippen LogP contribution is 2.43. The third kappa shape index (κ3) is 5.38. The maximum atomic E-state index is 13.5. The summed E-state index contributed by atoms with van der Waals surface area (Å²) in [4.78, 5) is 27.0. The summed E-state index contributed by atoms with van der Waals surface area (Å²) in [6.07, 6.45) is 0. The molecule has 0 aromatic heterocycles.